The molecule has 1 aliphatic rings. The summed E-state index contributed by atoms with van der Waals surface area (Å²) in [7, 11) is 1.58. The van der Waals surface area contributed by atoms with Crippen molar-refractivity contribution in [2.45, 2.75) is 12.8 Å². The Morgan fingerprint density at radius 3 is 3.04 bits per heavy atom. The molecular formula is C15H15N5O4. The molecule has 1 amide bonds. The van der Waals surface area contributed by atoms with Gasteiger partial charge in [-0.15, -0.1) is 5.10 Å². The minimum absolute atomic E-state index is 0.0613. The number of nitrogens with one attached hydrogen (secondary N) is 2. The van der Waals surface area contributed by atoms with Gasteiger partial charge in [-0.05, 0) is 42.2 Å². The van der Waals surface area contributed by atoms with Crippen LogP contribution in [-0.2, 0) is 0 Å². The summed E-state index contributed by atoms with van der Waals surface area (Å²) in [6.07, 6.45) is 2.28. The van der Waals surface area contributed by atoms with Gasteiger partial charge in [-0.1, -0.05) is 5.10 Å². The maximum atomic E-state index is 12.5. The first-order chi connectivity index (χ1) is 11.7. The molecule has 3 aromatic rings. The average Bonchev–Trinajstić information content (AvgIpc) is 3.15. The second-order valence-electron chi connectivity index (χ2n) is 5.57. The van der Waals surface area contributed by atoms with Gasteiger partial charge in [0.2, 0.25) is 5.76 Å². The lowest BCUT2D eigenvalue weighted by molar-refractivity contribution is 0.0992. The van der Waals surface area contributed by atoms with Crippen LogP contribution in [0.4, 0.5) is 5.95 Å². The molecule has 9 nitrogen and oxygen atoms in total. The highest BCUT2D eigenvalue weighted by atomic mass is 16.5. The van der Waals surface area contributed by atoms with Crippen LogP contribution < -0.4 is 14.8 Å². The molecule has 0 aliphatic heterocycles. The first kappa shape index (κ1) is 14.5. The Morgan fingerprint density at radius 2 is 2.33 bits per heavy atom. The van der Waals surface area contributed by atoms with Crippen LogP contribution >= 0.6 is 0 Å². The number of H-pyrrole nitrogens is 1. The molecule has 0 unspecified atom stereocenters. The average molecular weight is 329 g/mol. The number of ether oxygens (including phenoxy) is 2. The Kier molecular flexibility index (Phi) is 3.52. The van der Waals surface area contributed by atoms with Crippen LogP contribution in [0.3, 0.4) is 0 Å². The van der Waals surface area contributed by atoms with Gasteiger partial charge in [0.25, 0.3) is 11.9 Å². The minimum atomic E-state index is -0.502. The second-order valence-corrected chi connectivity index (χ2v) is 5.57. The fourth-order valence-electron chi connectivity index (χ4n) is 2.33. The van der Waals surface area contributed by atoms with Crippen molar-refractivity contribution >= 4 is 22.8 Å². The van der Waals surface area contributed by atoms with E-state index in [0.717, 1.165) is 12.8 Å². The van der Waals surface area contributed by atoms with Crippen LogP contribution in [0.25, 0.3) is 11.0 Å². The minimum Gasteiger partial charge on any atom is -0.497 e. The summed E-state index contributed by atoms with van der Waals surface area (Å²) in [6.45, 7) is 0.550. The van der Waals surface area contributed by atoms with E-state index < -0.39 is 5.91 Å². The number of aromatic amines is 1. The van der Waals surface area contributed by atoms with E-state index in [9.17, 15) is 4.79 Å². The summed E-state index contributed by atoms with van der Waals surface area (Å²) in [5.41, 5.74) is 0.542. The molecular weight excluding hydrogens is 314 g/mol. The number of nitrogens with zero attached hydrogens (tertiary/aromatic N) is 3. The lowest BCUT2D eigenvalue weighted by atomic mass is 10.2. The first-order valence-corrected chi connectivity index (χ1v) is 7.52. The number of carbonyl (C=O) groups is 1. The number of rotatable bonds is 6. The van der Waals surface area contributed by atoms with Crippen molar-refractivity contribution in [2.24, 2.45) is 5.92 Å². The third kappa shape index (κ3) is 2.75. The van der Waals surface area contributed by atoms with E-state index in [4.69, 9.17) is 13.9 Å². The maximum absolute atomic E-state index is 12.5. The van der Waals surface area contributed by atoms with Crippen LogP contribution in [0.2, 0.25) is 0 Å². The van der Waals surface area contributed by atoms with Gasteiger partial charge in [0.15, 0.2) is 5.75 Å². The van der Waals surface area contributed by atoms with Gasteiger partial charge in [-0.3, -0.25) is 10.1 Å². The molecule has 124 valence electrons. The molecule has 2 heterocycles. The van der Waals surface area contributed by atoms with E-state index >= 15 is 0 Å². The summed E-state index contributed by atoms with van der Waals surface area (Å²) in [5, 5.41) is 16.3. The largest absolute Gasteiger partial charge is 0.497 e. The van der Waals surface area contributed by atoms with Gasteiger partial charge in [-0.25, -0.2) is 0 Å². The SMILES string of the molecule is COc1ccc2oc(C(=O)Nc3nn[nH]n3)c(OCC3CC3)c2c1. The van der Waals surface area contributed by atoms with E-state index in [2.05, 4.69) is 25.9 Å². The van der Waals surface area contributed by atoms with Gasteiger partial charge < -0.3 is 13.9 Å². The summed E-state index contributed by atoms with van der Waals surface area (Å²) < 4.78 is 16.8. The van der Waals surface area contributed by atoms with Crippen molar-refractivity contribution in [2.75, 3.05) is 19.0 Å². The Hall–Kier alpha value is -3.10. The number of amides is 1. The van der Waals surface area contributed by atoms with Crippen LogP contribution in [0, 0.1) is 5.92 Å². The third-order valence-corrected chi connectivity index (χ3v) is 3.79. The molecule has 2 aromatic heterocycles. The van der Waals surface area contributed by atoms with Gasteiger partial charge in [0.1, 0.15) is 11.3 Å². The number of fused-ring (bicyclic) bond motifs is 1. The molecule has 1 aliphatic carbocycles. The number of hydrogen-bond acceptors (Lipinski definition) is 7. The van der Waals surface area contributed by atoms with E-state index in [-0.39, 0.29) is 11.7 Å². The fraction of sp³-hybridized carbons (Fsp3) is 0.333. The van der Waals surface area contributed by atoms with Crippen LogP contribution in [0.5, 0.6) is 11.5 Å². The van der Waals surface area contributed by atoms with Crippen molar-refractivity contribution in [1.29, 1.82) is 0 Å². The molecule has 0 bridgehead atoms. The highest BCUT2D eigenvalue weighted by molar-refractivity contribution is 6.07. The Bertz CT molecular complexity index is 870. The molecule has 1 aromatic carbocycles. The van der Waals surface area contributed by atoms with E-state index in [0.29, 0.717) is 35.0 Å². The molecule has 0 atom stereocenters. The van der Waals surface area contributed by atoms with E-state index in [1.54, 1.807) is 25.3 Å². The molecule has 0 saturated heterocycles. The molecule has 2 N–H and O–H groups in total. The van der Waals surface area contributed by atoms with Crippen molar-refractivity contribution in [1.82, 2.24) is 20.6 Å². The van der Waals surface area contributed by atoms with Gasteiger partial charge in [0.05, 0.1) is 19.1 Å². The number of carbonyl (C=O) groups excluding carboxylic acids is 1. The smallest absolute Gasteiger partial charge is 0.297 e. The Morgan fingerprint density at radius 1 is 1.46 bits per heavy atom. The molecule has 1 saturated carbocycles. The van der Waals surface area contributed by atoms with Gasteiger partial charge in [0, 0.05) is 0 Å². The zero-order valence-electron chi connectivity index (χ0n) is 12.9. The zero-order chi connectivity index (χ0) is 16.5. The predicted octanol–water partition coefficient (Wildman–Crippen LogP) is 2.00. The van der Waals surface area contributed by atoms with Crippen LogP contribution in [0.15, 0.2) is 22.6 Å². The first-order valence-electron chi connectivity index (χ1n) is 7.52. The summed E-state index contributed by atoms with van der Waals surface area (Å²) in [4.78, 5) is 12.5. The predicted molar refractivity (Wildman–Crippen MR) is 83.1 cm³/mol. The topological polar surface area (TPSA) is 115 Å². The molecule has 9 heteroatoms. The maximum Gasteiger partial charge on any atom is 0.297 e. The standard InChI is InChI=1S/C15H15N5O4/c1-22-9-4-5-11-10(6-9)12(23-7-8-2-3-8)13(24-11)14(21)16-15-17-19-20-18-15/h4-6,8H,2-3,7H2,1H3,(H2,16,17,18,19,20,21). The van der Waals surface area contributed by atoms with Crippen LogP contribution in [-0.4, -0.2) is 40.2 Å². The number of benzene rings is 1. The third-order valence-electron chi connectivity index (χ3n) is 3.79. The highest BCUT2D eigenvalue weighted by Gasteiger charge is 2.27. The second kappa shape index (κ2) is 5.84. The summed E-state index contributed by atoms with van der Waals surface area (Å²) >= 11 is 0. The lowest BCUT2D eigenvalue weighted by Crippen LogP contribution is -2.14. The van der Waals surface area contributed by atoms with E-state index in [1.807, 2.05) is 0 Å². The van der Waals surface area contributed by atoms with Crippen molar-refractivity contribution < 1.29 is 18.7 Å². The zero-order valence-corrected chi connectivity index (χ0v) is 12.9. The highest BCUT2D eigenvalue weighted by Crippen LogP contribution is 2.38. The lowest BCUT2D eigenvalue weighted by Gasteiger charge is -2.06. The number of tetrazole rings is 1. The van der Waals surface area contributed by atoms with Gasteiger partial charge >= 0.3 is 0 Å². The molecule has 1 fully saturated rings. The number of furan rings is 1. The van der Waals surface area contributed by atoms with E-state index in [1.165, 1.54) is 0 Å². The molecule has 0 radical (unpaired) electrons. The molecule has 0 spiro atoms. The normalized spacial score (nSPS) is 13.9. The number of methoxy groups -OCH3 is 1. The Labute approximate surface area is 136 Å². The van der Waals surface area contributed by atoms with Crippen molar-refractivity contribution in [3.63, 3.8) is 0 Å². The molecule has 4 rings (SSSR count). The molecule has 24 heavy (non-hydrogen) atoms. The van der Waals surface area contributed by atoms with Gasteiger partial charge in [-0.2, -0.15) is 5.21 Å². The number of anilines is 1. The summed E-state index contributed by atoms with van der Waals surface area (Å²) in [5.74, 6) is 1.22. The summed E-state index contributed by atoms with van der Waals surface area (Å²) in [6, 6.07) is 5.28. The number of hydrogen-bond donors (Lipinski definition) is 2. The fourth-order valence-corrected chi connectivity index (χ4v) is 2.33. The van der Waals surface area contributed by atoms with Crippen molar-refractivity contribution in [3.05, 3.63) is 24.0 Å². The van der Waals surface area contributed by atoms with Crippen LogP contribution in [0.1, 0.15) is 23.4 Å². The number of aromatic nitrogens is 4. The van der Waals surface area contributed by atoms with Crippen molar-refractivity contribution in [3.8, 4) is 11.5 Å². The quantitative estimate of drug-likeness (QED) is 0.710. The Balaban J connectivity index is 1.71. The monoisotopic (exact) mass is 329 g/mol.